The van der Waals surface area contributed by atoms with Crippen LogP contribution in [-0.2, 0) is 4.79 Å². The number of allylic oxidation sites excluding steroid dienone is 1. The molecular formula is C30H34F4N6O. The molecule has 0 atom stereocenters. The molecule has 3 aliphatic rings. The molecule has 0 bridgehead atoms. The zero-order chi connectivity index (χ0) is 29.1. The van der Waals surface area contributed by atoms with Gasteiger partial charge in [0.2, 0.25) is 0 Å². The minimum absolute atomic E-state index is 0.0185. The number of alkyl halides is 3. The number of pyridine rings is 1. The Kier molecular flexibility index (Phi) is 8.35. The lowest BCUT2D eigenvalue weighted by Gasteiger charge is -2.35. The summed E-state index contributed by atoms with van der Waals surface area (Å²) in [4.78, 5) is 21.8. The maximum atomic E-state index is 15.6. The van der Waals surface area contributed by atoms with Crippen LogP contribution >= 0.6 is 0 Å². The number of halogens is 4. The van der Waals surface area contributed by atoms with E-state index in [0.717, 1.165) is 25.1 Å². The third-order valence-electron chi connectivity index (χ3n) is 7.77. The SMILES string of the molecule is C=C1C=C(C(F)(F)F)C(C(=O)Nc2cc(-c3ccc(NC4CCCCC4)nc3)c(F)cc2N2CCN(C)CC2)=CN1. The predicted octanol–water partition coefficient (Wildman–Crippen LogP) is 5.81. The van der Waals surface area contributed by atoms with Gasteiger partial charge in [-0.1, -0.05) is 25.8 Å². The summed E-state index contributed by atoms with van der Waals surface area (Å²) in [6.45, 7) is 6.07. The summed E-state index contributed by atoms with van der Waals surface area (Å²) < 4.78 is 56.9. The Balaban J connectivity index is 1.45. The second-order valence-corrected chi connectivity index (χ2v) is 10.8. The zero-order valence-corrected chi connectivity index (χ0v) is 23.0. The van der Waals surface area contributed by atoms with E-state index >= 15 is 4.39 Å². The van der Waals surface area contributed by atoms with E-state index < -0.39 is 29.0 Å². The summed E-state index contributed by atoms with van der Waals surface area (Å²) in [7, 11) is 1.98. The van der Waals surface area contributed by atoms with E-state index in [4.69, 9.17) is 0 Å². The van der Waals surface area contributed by atoms with Crippen molar-refractivity contribution in [3.63, 3.8) is 0 Å². The molecule has 41 heavy (non-hydrogen) atoms. The molecule has 5 rings (SSSR count). The molecule has 0 spiro atoms. The summed E-state index contributed by atoms with van der Waals surface area (Å²) in [6.07, 6.45) is 4.34. The van der Waals surface area contributed by atoms with Crippen molar-refractivity contribution in [2.45, 2.75) is 44.3 Å². The Hall–Kier alpha value is -3.86. The number of nitrogens with zero attached hydrogens (tertiary/aromatic N) is 3. The topological polar surface area (TPSA) is 72.5 Å². The van der Waals surface area contributed by atoms with E-state index in [1.807, 2.05) is 11.9 Å². The number of nitrogens with one attached hydrogen (secondary N) is 3. The van der Waals surface area contributed by atoms with Gasteiger partial charge in [-0.3, -0.25) is 4.79 Å². The highest BCUT2D eigenvalue weighted by Gasteiger charge is 2.40. The molecule has 1 aromatic carbocycles. The van der Waals surface area contributed by atoms with Crippen molar-refractivity contribution in [1.82, 2.24) is 15.2 Å². The fourth-order valence-electron chi connectivity index (χ4n) is 5.44. The molecule has 2 aromatic rings. The number of piperazine rings is 1. The average molecular weight is 571 g/mol. The maximum Gasteiger partial charge on any atom is 0.417 e. The van der Waals surface area contributed by atoms with Crippen molar-refractivity contribution in [3.8, 4) is 11.1 Å². The molecule has 2 fully saturated rings. The Morgan fingerprint density at radius 3 is 2.49 bits per heavy atom. The molecule has 2 aliphatic heterocycles. The van der Waals surface area contributed by atoms with Gasteiger partial charge in [-0.05, 0) is 50.2 Å². The molecule has 0 radical (unpaired) electrons. The average Bonchev–Trinajstić information content (AvgIpc) is 2.95. The van der Waals surface area contributed by atoms with E-state index in [0.29, 0.717) is 49.3 Å². The Labute approximate surface area is 237 Å². The molecule has 3 N–H and O–H groups in total. The van der Waals surface area contributed by atoms with Crippen molar-refractivity contribution >= 4 is 23.1 Å². The number of hydrogen-bond acceptors (Lipinski definition) is 6. The highest BCUT2D eigenvalue weighted by Crippen LogP contribution is 2.38. The van der Waals surface area contributed by atoms with Crippen LogP contribution in [0.25, 0.3) is 11.1 Å². The summed E-state index contributed by atoms with van der Waals surface area (Å²) in [5, 5.41) is 8.65. The minimum atomic E-state index is -4.76. The van der Waals surface area contributed by atoms with Crippen molar-refractivity contribution in [3.05, 3.63) is 72.0 Å². The van der Waals surface area contributed by atoms with Gasteiger partial charge < -0.3 is 25.8 Å². The maximum absolute atomic E-state index is 15.6. The molecule has 1 aliphatic carbocycles. The van der Waals surface area contributed by atoms with Gasteiger partial charge in [0.15, 0.2) is 0 Å². The number of carbonyl (C=O) groups is 1. The lowest BCUT2D eigenvalue weighted by atomic mass is 9.95. The van der Waals surface area contributed by atoms with Crippen molar-refractivity contribution < 1.29 is 22.4 Å². The number of dihydropyridines is 1. The molecule has 1 saturated carbocycles. The third-order valence-corrected chi connectivity index (χ3v) is 7.77. The second-order valence-electron chi connectivity index (χ2n) is 10.8. The van der Waals surface area contributed by atoms with Crippen LogP contribution in [0.15, 0.2) is 66.2 Å². The number of aromatic nitrogens is 1. The quantitative estimate of drug-likeness (QED) is 0.381. The number of rotatable bonds is 6. The van der Waals surface area contributed by atoms with Crippen molar-refractivity contribution in [2.75, 3.05) is 48.8 Å². The second kappa shape index (κ2) is 11.9. The van der Waals surface area contributed by atoms with Gasteiger partial charge in [-0.2, -0.15) is 13.2 Å². The van der Waals surface area contributed by atoms with E-state index in [1.54, 1.807) is 18.3 Å². The molecule has 1 saturated heterocycles. The van der Waals surface area contributed by atoms with Crippen LogP contribution in [0.3, 0.4) is 0 Å². The fourth-order valence-corrected chi connectivity index (χ4v) is 5.44. The highest BCUT2D eigenvalue weighted by atomic mass is 19.4. The molecular weight excluding hydrogens is 536 g/mol. The van der Waals surface area contributed by atoms with E-state index in [9.17, 15) is 18.0 Å². The van der Waals surface area contributed by atoms with Crippen LogP contribution in [0.2, 0.25) is 0 Å². The number of amides is 1. The Morgan fingerprint density at radius 1 is 1.10 bits per heavy atom. The smallest absolute Gasteiger partial charge is 0.367 e. The largest absolute Gasteiger partial charge is 0.417 e. The first-order valence-corrected chi connectivity index (χ1v) is 13.8. The lowest BCUT2D eigenvalue weighted by molar-refractivity contribution is -0.115. The monoisotopic (exact) mass is 570 g/mol. The van der Waals surface area contributed by atoms with Crippen LogP contribution in [-0.4, -0.2) is 61.2 Å². The Bertz CT molecular complexity index is 1350. The van der Waals surface area contributed by atoms with Crippen LogP contribution < -0.4 is 20.9 Å². The van der Waals surface area contributed by atoms with Crippen molar-refractivity contribution in [1.29, 1.82) is 0 Å². The van der Waals surface area contributed by atoms with E-state index in [-0.39, 0.29) is 16.9 Å². The summed E-state index contributed by atoms with van der Waals surface area (Å²) in [5.41, 5.74) is -0.374. The summed E-state index contributed by atoms with van der Waals surface area (Å²) in [5.74, 6) is -0.780. The highest BCUT2D eigenvalue weighted by molar-refractivity contribution is 6.09. The zero-order valence-electron chi connectivity index (χ0n) is 23.0. The third kappa shape index (κ3) is 6.73. The molecule has 218 valence electrons. The van der Waals surface area contributed by atoms with Gasteiger partial charge in [-0.15, -0.1) is 0 Å². The number of carbonyl (C=O) groups excluding carboxylic acids is 1. The van der Waals surface area contributed by atoms with Gasteiger partial charge in [-0.25, -0.2) is 9.37 Å². The standard InChI is InChI=1S/C30H34F4N6O/c1-19-14-24(30(32,33)34)23(18-35-19)29(41)38-26-15-22(25(31)16-27(26)40-12-10-39(2)11-13-40)20-8-9-28(36-17-20)37-21-6-4-3-5-7-21/h8-9,14-18,21,35H,1,3-7,10-13H2,2H3,(H,36,37)(H,38,41). The molecule has 3 heterocycles. The number of likely N-dealkylation sites (N-methyl/N-ethyl adjacent to an activating group) is 1. The number of anilines is 3. The number of benzene rings is 1. The first-order valence-electron chi connectivity index (χ1n) is 13.8. The molecule has 1 amide bonds. The minimum Gasteiger partial charge on any atom is -0.367 e. The van der Waals surface area contributed by atoms with E-state index in [1.165, 1.54) is 31.4 Å². The summed E-state index contributed by atoms with van der Waals surface area (Å²) >= 11 is 0. The first-order chi connectivity index (χ1) is 19.6. The van der Waals surface area contributed by atoms with Gasteiger partial charge in [0.05, 0.1) is 22.5 Å². The number of hydrogen-bond donors (Lipinski definition) is 3. The normalized spacial score (nSPS) is 18.9. The molecule has 1 aromatic heterocycles. The molecule has 0 unspecified atom stereocenters. The van der Waals surface area contributed by atoms with Crippen LogP contribution in [0, 0.1) is 5.82 Å². The van der Waals surface area contributed by atoms with Gasteiger partial charge in [0.1, 0.15) is 11.6 Å². The summed E-state index contributed by atoms with van der Waals surface area (Å²) in [6, 6.07) is 6.71. The predicted molar refractivity (Wildman–Crippen MR) is 153 cm³/mol. The Morgan fingerprint density at radius 2 is 1.83 bits per heavy atom. The van der Waals surface area contributed by atoms with Crippen LogP contribution in [0.1, 0.15) is 32.1 Å². The van der Waals surface area contributed by atoms with Gasteiger partial charge in [0.25, 0.3) is 5.91 Å². The van der Waals surface area contributed by atoms with Crippen LogP contribution in [0.4, 0.5) is 34.8 Å². The lowest BCUT2D eigenvalue weighted by Crippen LogP contribution is -2.44. The molecule has 7 nitrogen and oxygen atoms in total. The van der Waals surface area contributed by atoms with Gasteiger partial charge >= 0.3 is 6.18 Å². The van der Waals surface area contributed by atoms with Gasteiger partial charge in [0, 0.05) is 61.4 Å². The first kappa shape index (κ1) is 28.7. The fraction of sp³-hybridized carbons (Fsp3) is 0.400. The van der Waals surface area contributed by atoms with Crippen molar-refractivity contribution in [2.24, 2.45) is 0 Å². The van der Waals surface area contributed by atoms with Crippen LogP contribution in [0.5, 0.6) is 0 Å². The molecule has 11 heteroatoms. The van der Waals surface area contributed by atoms with E-state index in [2.05, 4.69) is 32.4 Å².